The Hall–Kier alpha value is -0.650. The highest BCUT2D eigenvalue weighted by Crippen LogP contribution is 1.98. The largest absolute Gasteiger partial charge is 0.380 e. The first kappa shape index (κ1) is 16.4. The van der Waals surface area contributed by atoms with Gasteiger partial charge in [-0.2, -0.15) is 0 Å². The van der Waals surface area contributed by atoms with Crippen LogP contribution in [0.5, 0.6) is 0 Å². The third-order valence-electron chi connectivity index (χ3n) is 2.49. The molecule has 0 aromatic rings. The van der Waals surface area contributed by atoms with Crippen LogP contribution in [0, 0.1) is 0 Å². The fraction of sp³-hybridized carbons (Fsp3) is 0.917. The summed E-state index contributed by atoms with van der Waals surface area (Å²) in [7, 11) is 0. The van der Waals surface area contributed by atoms with E-state index in [4.69, 9.17) is 15.2 Å². The second-order valence-corrected chi connectivity index (χ2v) is 3.73. The maximum Gasteiger partial charge on any atom is 0.239 e. The molecule has 17 heavy (non-hydrogen) atoms. The smallest absolute Gasteiger partial charge is 0.239 e. The lowest BCUT2D eigenvalue weighted by atomic mass is 10.2. The van der Waals surface area contributed by atoms with Gasteiger partial charge in [0.15, 0.2) is 0 Å². The Morgan fingerprint density at radius 2 is 1.59 bits per heavy atom. The second kappa shape index (κ2) is 10.5. The summed E-state index contributed by atoms with van der Waals surface area (Å²) in [6.07, 6.45) is 0.651. The molecule has 102 valence electrons. The van der Waals surface area contributed by atoms with Gasteiger partial charge >= 0.3 is 0 Å². The van der Waals surface area contributed by atoms with Gasteiger partial charge in [-0.25, -0.2) is 0 Å². The predicted octanol–water partition coefficient (Wildman–Crippen LogP) is 0.625. The Balaban J connectivity index is 4.12. The van der Waals surface area contributed by atoms with Crippen LogP contribution in [0.25, 0.3) is 0 Å². The zero-order valence-corrected chi connectivity index (χ0v) is 11.3. The van der Waals surface area contributed by atoms with Crippen molar-refractivity contribution < 1.29 is 14.3 Å². The molecule has 1 amide bonds. The fourth-order valence-corrected chi connectivity index (χ4v) is 1.38. The van der Waals surface area contributed by atoms with Crippen LogP contribution >= 0.6 is 0 Å². The summed E-state index contributed by atoms with van der Waals surface area (Å²) >= 11 is 0. The molecule has 0 aliphatic rings. The Morgan fingerprint density at radius 1 is 1.12 bits per heavy atom. The number of amides is 1. The lowest BCUT2D eigenvalue weighted by molar-refractivity contribution is -0.134. The molecule has 0 aliphatic carbocycles. The van der Waals surface area contributed by atoms with Crippen molar-refractivity contribution in [3.05, 3.63) is 0 Å². The number of rotatable bonds is 10. The van der Waals surface area contributed by atoms with Crippen molar-refractivity contribution in [2.45, 2.75) is 33.2 Å². The zero-order chi connectivity index (χ0) is 13.1. The minimum absolute atomic E-state index is 0.0214. The molecule has 0 aromatic heterocycles. The van der Waals surface area contributed by atoms with E-state index >= 15 is 0 Å². The summed E-state index contributed by atoms with van der Waals surface area (Å²) in [4.78, 5) is 13.7. The molecule has 0 spiro atoms. The van der Waals surface area contributed by atoms with Gasteiger partial charge in [0.2, 0.25) is 5.91 Å². The Bertz CT molecular complexity index is 190. The van der Waals surface area contributed by atoms with Crippen molar-refractivity contribution in [2.75, 3.05) is 39.5 Å². The molecule has 0 rings (SSSR count). The molecule has 0 aliphatic heterocycles. The molecule has 0 heterocycles. The molecule has 0 bridgehead atoms. The monoisotopic (exact) mass is 246 g/mol. The number of nitrogens with zero attached hydrogens (tertiary/aromatic N) is 1. The molecular formula is C12H26N2O3. The minimum atomic E-state index is -0.418. The van der Waals surface area contributed by atoms with E-state index in [0.29, 0.717) is 45.9 Å². The van der Waals surface area contributed by atoms with Gasteiger partial charge in [-0.1, -0.05) is 6.92 Å². The van der Waals surface area contributed by atoms with Crippen LogP contribution in [-0.4, -0.2) is 56.4 Å². The second-order valence-electron chi connectivity index (χ2n) is 3.73. The van der Waals surface area contributed by atoms with Gasteiger partial charge in [-0.3, -0.25) is 4.79 Å². The topological polar surface area (TPSA) is 64.8 Å². The van der Waals surface area contributed by atoms with Crippen molar-refractivity contribution in [3.63, 3.8) is 0 Å². The summed E-state index contributed by atoms with van der Waals surface area (Å²) in [5.41, 5.74) is 5.75. The predicted molar refractivity (Wildman–Crippen MR) is 67.8 cm³/mol. The van der Waals surface area contributed by atoms with E-state index in [1.807, 2.05) is 20.8 Å². The number of hydrogen-bond donors (Lipinski definition) is 1. The van der Waals surface area contributed by atoms with Crippen molar-refractivity contribution in [2.24, 2.45) is 5.73 Å². The van der Waals surface area contributed by atoms with E-state index in [-0.39, 0.29) is 5.91 Å². The molecular weight excluding hydrogens is 220 g/mol. The number of ether oxygens (including phenoxy) is 2. The van der Waals surface area contributed by atoms with Gasteiger partial charge in [-0.15, -0.1) is 0 Å². The summed E-state index contributed by atoms with van der Waals surface area (Å²) in [6.45, 7) is 9.34. The lowest BCUT2D eigenvalue weighted by Crippen LogP contribution is -2.46. The molecule has 1 atom stereocenters. The summed E-state index contributed by atoms with van der Waals surface area (Å²) < 4.78 is 10.5. The van der Waals surface area contributed by atoms with E-state index in [1.165, 1.54) is 0 Å². The highest BCUT2D eigenvalue weighted by molar-refractivity contribution is 5.81. The average Bonchev–Trinajstić information content (AvgIpc) is 2.35. The lowest BCUT2D eigenvalue weighted by Gasteiger charge is -2.25. The van der Waals surface area contributed by atoms with Gasteiger partial charge in [0.1, 0.15) is 0 Å². The Morgan fingerprint density at radius 3 is 1.94 bits per heavy atom. The van der Waals surface area contributed by atoms with Crippen LogP contribution < -0.4 is 5.73 Å². The molecule has 0 radical (unpaired) electrons. The quantitative estimate of drug-likeness (QED) is 0.574. The van der Waals surface area contributed by atoms with E-state index in [1.54, 1.807) is 4.90 Å². The first-order chi connectivity index (χ1) is 8.17. The van der Waals surface area contributed by atoms with E-state index < -0.39 is 6.04 Å². The third-order valence-corrected chi connectivity index (χ3v) is 2.49. The third kappa shape index (κ3) is 7.31. The Labute approximate surface area is 104 Å². The van der Waals surface area contributed by atoms with Crippen molar-refractivity contribution in [1.82, 2.24) is 4.90 Å². The van der Waals surface area contributed by atoms with Gasteiger partial charge in [-0.05, 0) is 20.3 Å². The molecule has 0 saturated heterocycles. The van der Waals surface area contributed by atoms with Crippen LogP contribution in [-0.2, 0) is 14.3 Å². The first-order valence-corrected chi connectivity index (χ1v) is 6.37. The van der Waals surface area contributed by atoms with Crippen molar-refractivity contribution in [1.29, 1.82) is 0 Å². The van der Waals surface area contributed by atoms with Gasteiger partial charge in [0.05, 0.1) is 19.3 Å². The van der Waals surface area contributed by atoms with Crippen LogP contribution in [0.4, 0.5) is 0 Å². The van der Waals surface area contributed by atoms with Gasteiger partial charge in [0, 0.05) is 26.3 Å². The normalized spacial score (nSPS) is 12.5. The average molecular weight is 246 g/mol. The number of hydrogen-bond acceptors (Lipinski definition) is 4. The molecule has 0 aromatic carbocycles. The SMILES string of the molecule is CCOCCN(CCOCC)C(=O)[C@H](N)CC. The summed E-state index contributed by atoms with van der Waals surface area (Å²) in [6, 6.07) is -0.418. The van der Waals surface area contributed by atoms with Crippen molar-refractivity contribution in [3.8, 4) is 0 Å². The molecule has 0 fully saturated rings. The van der Waals surface area contributed by atoms with E-state index in [9.17, 15) is 4.79 Å². The summed E-state index contributed by atoms with van der Waals surface area (Å²) in [5, 5.41) is 0. The first-order valence-electron chi connectivity index (χ1n) is 6.37. The van der Waals surface area contributed by atoms with Gasteiger partial charge in [0.25, 0.3) is 0 Å². The van der Waals surface area contributed by atoms with E-state index in [0.717, 1.165) is 0 Å². The highest BCUT2D eigenvalue weighted by atomic mass is 16.5. The number of carbonyl (C=O) groups is 1. The van der Waals surface area contributed by atoms with Crippen LogP contribution in [0.1, 0.15) is 27.2 Å². The van der Waals surface area contributed by atoms with Crippen LogP contribution in [0.3, 0.4) is 0 Å². The van der Waals surface area contributed by atoms with Crippen LogP contribution in [0.15, 0.2) is 0 Å². The van der Waals surface area contributed by atoms with Gasteiger partial charge < -0.3 is 20.1 Å². The number of carbonyl (C=O) groups excluding carboxylic acids is 1. The maximum absolute atomic E-state index is 12.0. The Kier molecular flexibility index (Phi) is 10.1. The summed E-state index contributed by atoms with van der Waals surface area (Å²) in [5.74, 6) is -0.0214. The number of nitrogens with two attached hydrogens (primary N) is 1. The molecule has 5 nitrogen and oxygen atoms in total. The van der Waals surface area contributed by atoms with E-state index in [2.05, 4.69) is 0 Å². The molecule has 2 N–H and O–H groups in total. The maximum atomic E-state index is 12.0. The standard InChI is InChI=1S/C12H26N2O3/c1-4-11(13)12(15)14(7-9-16-5-2)8-10-17-6-3/h11H,4-10,13H2,1-3H3/t11-/m1/s1. The fourth-order valence-electron chi connectivity index (χ4n) is 1.38. The molecule has 0 saturated carbocycles. The highest BCUT2D eigenvalue weighted by Gasteiger charge is 2.18. The molecule has 5 heteroatoms. The minimum Gasteiger partial charge on any atom is -0.380 e. The van der Waals surface area contributed by atoms with Crippen LogP contribution in [0.2, 0.25) is 0 Å². The zero-order valence-electron chi connectivity index (χ0n) is 11.3. The molecule has 0 unspecified atom stereocenters. The van der Waals surface area contributed by atoms with Crippen molar-refractivity contribution >= 4 is 5.91 Å².